The first-order valence-electron chi connectivity index (χ1n) is 6.15. The van der Waals surface area contributed by atoms with Crippen molar-refractivity contribution in [3.63, 3.8) is 0 Å². The SMILES string of the molecule is CCOC(=O)NCc1csc(Cc2ccccc2)n1. The second-order valence-corrected chi connectivity index (χ2v) is 4.91. The molecule has 0 aliphatic rings. The van der Waals surface area contributed by atoms with E-state index in [9.17, 15) is 4.79 Å². The third-order valence-corrected chi connectivity index (χ3v) is 3.38. The predicted octanol–water partition coefficient (Wildman–Crippen LogP) is 2.98. The highest BCUT2D eigenvalue weighted by molar-refractivity contribution is 7.09. The first-order valence-corrected chi connectivity index (χ1v) is 7.03. The van der Waals surface area contributed by atoms with Gasteiger partial charge in [0.2, 0.25) is 0 Å². The van der Waals surface area contributed by atoms with E-state index in [-0.39, 0.29) is 0 Å². The second-order valence-electron chi connectivity index (χ2n) is 3.97. The molecule has 0 fully saturated rings. The van der Waals surface area contributed by atoms with Crippen molar-refractivity contribution in [3.05, 3.63) is 52.0 Å². The molecule has 1 aromatic heterocycles. The van der Waals surface area contributed by atoms with Crippen LogP contribution in [0.25, 0.3) is 0 Å². The van der Waals surface area contributed by atoms with E-state index in [1.807, 2.05) is 23.6 Å². The molecular weight excluding hydrogens is 260 g/mol. The van der Waals surface area contributed by atoms with Gasteiger partial charge in [-0.15, -0.1) is 11.3 Å². The van der Waals surface area contributed by atoms with Gasteiger partial charge in [0.05, 0.1) is 23.9 Å². The Labute approximate surface area is 116 Å². The fraction of sp³-hybridized carbons (Fsp3) is 0.286. The number of hydrogen-bond acceptors (Lipinski definition) is 4. The Morgan fingerprint density at radius 2 is 2.16 bits per heavy atom. The summed E-state index contributed by atoms with van der Waals surface area (Å²) in [5.41, 5.74) is 2.10. The summed E-state index contributed by atoms with van der Waals surface area (Å²) in [5, 5.41) is 5.67. The largest absolute Gasteiger partial charge is 0.450 e. The lowest BCUT2D eigenvalue weighted by Gasteiger charge is -2.02. The number of carbonyl (C=O) groups excluding carboxylic acids is 1. The van der Waals surface area contributed by atoms with Crippen LogP contribution in [0.3, 0.4) is 0 Å². The molecule has 4 nitrogen and oxygen atoms in total. The van der Waals surface area contributed by atoms with Crippen LogP contribution in [0.2, 0.25) is 0 Å². The van der Waals surface area contributed by atoms with Crippen molar-refractivity contribution in [1.82, 2.24) is 10.3 Å². The van der Waals surface area contributed by atoms with Crippen molar-refractivity contribution in [1.29, 1.82) is 0 Å². The Morgan fingerprint density at radius 3 is 2.89 bits per heavy atom. The summed E-state index contributed by atoms with van der Waals surface area (Å²) in [6.45, 7) is 2.56. The highest BCUT2D eigenvalue weighted by Crippen LogP contribution is 2.14. The van der Waals surface area contributed by atoms with Gasteiger partial charge in [0.1, 0.15) is 0 Å². The molecule has 1 amide bonds. The van der Waals surface area contributed by atoms with E-state index in [1.165, 1.54) is 5.56 Å². The third-order valence-electron chi connectivity index (χ3n) is 2.49. The predicted molar refractivity (Wildman–Crippen MR) is 75.2 cm³/mol. The number of nitrogens with one attached hydrogen (secondary N) is 1. The van der Waals surface area contributed by atoms with Crippen molar-refractivity contribution in [3.8, 4) is 0 Å². The van der Waals surface area contributed by atoms with E-state index < -0.39 is 6.09 Å². The van der Waals surface area contributed by atoms with Crippen LogP contribution >= 0.6 is 11.3 Å². The van der Waals surface area contributed by atoms with Crippen LogP contribution in [-0.2, 0) is 17.7 Å². The van der Waals surface area contributed by atoms with Crippen LogP contribution in [0.4, 0.5) is 4.79 Å². The number of hydrogen-bond donors (Lipinski definition) is 1. The lowest BCUT2D eigenvalue weighted by Crippen LogP contribution is -2.23. The van der Waals surface area contributed by atoms with Crippen LogP contribution < -0.4 is 5.32 Å². The minimum atomic E-state index is -0.403. The van der Waals surface area contributed by atoms with Crippen LogP contribution in [0, 0.1) is 0 Å². The van der Waals surface area contributed by atoms with Gasteiger partial charge in [-0.1, -0.05) is 30.3 Å². The number of rotatable bonds is 5. The topological polar surface area (TPSA) is 51.2 Å². The zero-order valence-electron chi connectivity index (χ0n) is 10.8. The molecular formula is C14H16N2O2S. The molecule has 2 aromatic rings. The average Bonchev–Trinajstić information content (AvgIpc) is 2.86. The molecule has 0 atom stereocenters. The van der Waals surface area contributed by atoms with Crippen LogP contribution in [-0.4, -0.2) is 17.7 Å². The van der Waals surface area contributed by atoms with E-state index in [0.29, 0.717) is 13.2 Å². The summed E-state index contributed by atoms with van der Waals surface area (Å²) in [6.07, 6.45) is 0.422. The molecule has 0 spiro atoms. The number of carbonyl (C=O) groups is 1. The van der Waals surface area contributed by atoms with Gasteiger partial charge in [0, 0.05) is 11.8 Å². The Morgan fingerprint density at radius 1 is 1.37 bits per heavy atom. The fourth-order valence-electron chi connectivity index (χ4n) is 1.63. The summed E-state index contributed by atoms with van der Waals surface area (Å²) < 4.78 is 4.79. The smallest absolute Gasteiger partial charge is 0.407 e. The third kappa shape index (κ3) is 4.37. The van der Waals surface area contributed by atoms with Gasteiger partial charge >= 0.3 is 6.09 Å². The molecule has 0 saturated heterocycles. The van der Waals surface area contributed by atoms with E-state index in [4.69, 9.17) is 4.74 Å². The standard InChI is InChI=1S/C14H16N2O2S/c1-2-18-14(17)15-9-12-10-19-13(16-12)8-11-6-4-3-5-7-11/h3-7,10H,2,8-9H2,1H3,(H,15,17). The highest BCUT2D eigenvalue weighted by atomic mass is 32.1. The lowest BCUT2D eigenvalue weighted by molar-refractivity contribution is 0.151. The number of nitrogens with zero attached hydrogens (tertiary/aromatic N) is 1. The Kier molecular flexibility index (Phi) is 4.92. The van der Waals surface area contributed by atoms with Crippen LogP contribution in [0.1, 0.15) is 23.2 Å². The minimum absolute atomic E-state index is 0.377. The molecule has 0 radical (unpaired) electrons. The van der Waals surface area contributed by atoms with E-state index in [2.05, 4.69) is 22.4 Å². The Bertz CT molecular complexity index is 525. The second kappa shape index (κ2) is 6.89. The van der Waals surface area contributed by atoms with Gasteiger partial charge in [0.15, 0.2) is 0 Å². The van der Waals surface area contributed by atoms with Gasteiger partial charge in [-0.2, -0.15) is 0 Å². The summed E-state index contributed by atoms with van der Waals surface area (Å²) in [7, 11) is 0. The molecule has 2 rings (SSSR count). The number of amides is 1. The first-order chi connectivity index (χ1) is 9.28. The number of ether oxygens (including phenoxy) is 1. The molecule has 0 bridgehead atoms. The van der Waals surface area contributed by atoms with Crippen molar-refractivity contribution < 1.29 is 9.53 Å². The molecule has 1 aromatic carbocycles. The maximum Gasteiger partial charge on any atom is 0.407 e. The number of alkyl carbamates (subject to hydrolysis) is 1. The molecule has 0 aliphatic carbocycles. The summed E-state index contributed by atoms with van der Waals surface area (Å²) >= 11 is 1.61. The maximum absolute atomic E-state index is 11.2. The molecule has 1 N–H and O–H groups in total. The normalized spacial score (nSPS) is 10.2. The van der Waals surface area contributed by atoms with Crippen molar-refractivity contribution in [2.75, 3.05) is 6.61 Å². The fourth-order valence-corrected chi connectivity index (χ4v) is 2.45. The summed E-state index contributed by atoms with van der Waals surface area (Å²) in [5.74, 6) is 0. The van der Waals surface area contributed by atoms with Gasteiger partial charge in [-0.25, -0.2) is 9.78 Å². The molecule has 0 saturated carbocycles. The highest BCUT2D eigenvalue weighted by Gasteiger charge is 2.05. The number of benzene rings is 1. The van der Waals surface area contributed by atoms with Crippen LogP contribution in [0.5, 0.6) is 0 Å². The van der Waals surface area contributed by atoms with Crippen molar-refractivity contribution in [2.24, 2.45) is 0 Å². The zero-order valence-corrected chi connectivity index (χ0v) is 11.6. The van der Waals surface area contributed by atoms with Crippen LogP contribution in [0.15, 0.2) is 35.7 Å². The number of thiazole rings is 1. The minimum Gasteiger partial charge on any atom is -0.450 e. The Hall–Kier alpha value is -1.88. The van der Waals surface area contributed by atoms with E-state index >= 15 is 0 Å². The number of aromatic nitrogens is 1. The monoisotopic (exact) mass is 276 g/mol. The average molecular weight is 276 g/mol. The molecule has 0 aliphatic heterocycles. The quantitative estimate of drug-likeness (QED) is 0.913. The lowest BCUT2D eigenvalue weighted by atomic mass is 10.2. The van der Waals surface area contributed by atoms with Crippen molar-refractivity contribution in [2.45, 2.75) is 19.9 Å². The molecule has 100 valence electrons. The van der Waals surface area contributed by atoms with E-state index in [1.54, 1.807) is 18.3 Å². The molecule has 5 heteroatoms. The molecule has 1 heterocycles. The zero-order chi connectivity index (χ0) is 13.5. The van der Waals surface area contributed by atoms with Gasteiger partial charge in [0.25, 0.3) is 0 Å². The van der Waals surface area contributed by atoms with E-state index in [0.717, 1.165) is 17.1 Å². The molecule has 0 unspecified atom stereocenters. The Balaban J connectivity index is 1.87. The van der Waals surface area contributed by atoms with Gasteiger partial charge in [-0.05, 0) is 12.5 Å². The maximum atomic E-state index is 11.2. The van der Waals surface area contributed by atoms with Gasteiger partial charge < -0.3 is 10.1 Å². The van der Waals surface area contributed by atoms with Crippen molar-refractivity contribution >= 4 is 17.4 Å². The summed E-state index contributed by atoms with van der Waals surface area (Å²) in [4.78, 5) is 15.6. The van der Waals surface area contributed by atoms with Gasteiger partial charge in [-0.3, -0.25) is 0 Å². The summed E-state index contributed by atoms with van der Waals surface area (Å²) in [6, 6.07) is 10.2. The molecule has 19 heavy (non-hydrogen) atoms. The first kappa shape index (κ1) is 13.5.